The molecule has 0 bridgehead atoms. The molecule has 0 spiro atoms. The third-order valence-corrected chi connectivity index (χ3v) is 3.17. The lowest BCUT2D eigenvalue weighted by Crippen LogP contribution is -2.46. The standard InChI is InChI=1S/C14H18O2/c1-2-3-9-12-13(16-14(12)15)10-11-7-5-4-6-8-11/h4-8,12-13H,2-3,9-10H2,1H3/t12-,13-/m1/s1. The summed E-state index contributed by atoms with van der Waals surface area (Å²) in [6.45, 7) is 2.15. The smallest absolute Gasteiger partial charge is 0.313 e. The van der Waals surface area contributed by atoms with Crippen LogP contribution in [0.3, 0.4) is 0 Å². The summed E-state index contributed by atoms with van der Waals surface area (Å²) < 4.78 is 5.21. The molecule has 0 aromatic heterocycles. The Morgan fingerprint density at radius 3 is 2.62 bits per heavy atom. The van der Waals surface area contributed by atoms with Gasteiger partial charge in [-0.3, -0.25) is 4.79 Å². The highest BCUT2D eigenvalue weighted by atomic mass is 16.6. The van der Waals surface area contributed by atoms with Gasteiger partial charge in [-0.1, -0.05) is 50.1 Å². The highest BCUT2D eigenvalue weighted by Crippen LogP contribution is 2.29. The van der Waals surface area contributed by atoms with E-state index in [0.717, 1.165) is 25.7 Å². The van der Waals surface area contributed by atoms with Crippen molar-refractivity contribution in [3.63, 3.8) is 0 Å². The lowest BCUT2D eigenvalue weighted by atomic mass is 9.87. The highest BCUT2D eigenvalue weighted by molar-refractivity contribution is 5.78. The van der Waals surface area contributed by atoms with Crippen LogP contribution in [-0.4, -0.2) is 12.1 Å². The van der Waals surface area contributed by atoms with Gasteiger partial charge in [0.1, 0.15) is 6.10 Å². The SMILES string of the molecule is CCCC[C@H]1C(=O)O[C@@H]1Cc1ccccc1. The van der Waals surface area contributed by atoms with Crippen molar-refractivity contribution < 1.29 is 9.53 Å². The Hall–Kier alpha value is -1.31. The van der Waals surface area contributed by atoms with Gasteiger partial charge in [0.05, 0.1) is 5.92 Å². The number of carbonyl (C=O) groups excluding carboxylic acids is 1. The van der Waals surface area contributed by atoms with Crippen molar-refractivity contribution in [1.82, 2.24) is 0 Å². The number of carbonyl (C=O) groups is 1. The Balaban J connectivity index is 1.89. The Morgan fingerprint density at radius 2 is 2.00 bits per heavy atom. The Morgan fingerprint density at radius 1 is 1.25 bits per heavy atom. The van der Waals surface area contributed by atoms with Crippen LogP contribution >= 0.6 is 0 Å². The van der Waals surface area contributed by atoms with Gasteiger partial charge in [0.2, 0.25) is 0 Å². The van der Waals surface area contributed by atoms with Gasteiger partial charge >= 0.3 is 5.97 Å². The molecule has 2 atom stereocenters. The number of cyclic esters (lactones) is 1. The van der Waals surface area contributed by atoms with Crippen molar-refractivity contribution in [2.45, 2.75) is 38.7 Å². The molecule has 1 aromatic carbocycles. The fourth-order valence-corrected chi connectivity index (χ4v) is 2.16. The molecule has 1 heterocycles. The van der Waals surface area contributed by atoms with E-state index in [1.165, 1.54) is 5.56 Å². The summed E-state index contributed by atoms with van der Waals surface area (Å²) in [5.41, 5.74) is 1.25. The van der Waals surface area contributed by atoms with Crippen LogP contribution in [0.2, 0.25) is 0 Å². The van der Waals surface area contributed by atoms with Crippen molar-refractivity contribution in [1.29, 1.82) is 0 Å². The van der Waals surface area contributed by atoms with Crippen LogP contribution in [0.4, 0.5) is 0 Å². The van der Waals surface area contributed by atoms with Crippen LogP contribution in [0, 0.1) is 5.92 Å². The predicted octanol–water partition coefficient (Wildman–Crippen LogP) is 2.96. The third kappa shape index (κ3) is 2.43. The normalized spacial score (nSPS) is 23.7. The predicted molar refractivity (Wildman–Crippen MR) is 63.0 cm³/mol. The summed E-state index contributed by atoms with van der Waals surface area (Å²) in [7, 11) is 0. The first kappa shape index (κ1) is 11.2. The minimum atomic E-state index is -0.00520. The quantitative estimate of drug-likeness (QED) is 0.710. The second kappa shape index (κ2) is 5.15. The monoisotopic (exact) mass is 218 g/mol. The first-order valence-corrected chi connectivity index (χ1v) is 6.05. The first-order valence-electron chi connectivity index (χ1n) is 6.05. The molecule has 0 unspecified atom stereocenters. The Kier molecular flexibility index (Phi) is 3.60. The van der Waals surface area contributed by atoms with E-state index in [9.17, 15) is 4.79 Å². The number of ether oxygens (including phenoxy) is 1. The molecule has 1 saturated heterocycles. The molecule has 2 rings (SSSR count). The second-order valence-electron chi connectivity index (χ2n) is 4.41. The third-order valence-electron chi connectivity index (χ3n) is 3.17. The summed E-state index contributed by atoms with van der Waals surface area (Å²) >= 11 is 0. The molecule has 2 nitrogen and oxygen atoms in total. The van der Waals surface area contributed by atoms with Gasteiger partial charge in [-0.2, -0.15) is 0 Å². The molecule has 1 aliphatic heterocycles. The molecule has 0 radical (unpaired) electrons. The number of rotatable bonds is 5. The average Bonchev–Trinajstić information content (AvgIpc) is 2.30. The molecule has 2 heteroatoms. The number of unbranched alkanes of at least 4 members (excludes halogenated alkanes) is 1. The zero-order valence-electron chi connectivity index (χ0n) is 9.69. The van der Waals surface area contributed by atoms with Gasteiger partial charge in [-0.05, 0) is 12.0 Å². The topological polar surface area (TPSA) is 26.3 Å². The van der Waals surface area contributed by atoms with Crippen LogP contribution in [0.15, 0.2) is 30.3 Å². The van der Waals surface area contributed by atoms with Gasteiger partial charge in [0.15, 0.2) is 0 Å². The van der Waals surface area contributed by atoms with Crippen LogP contribution < -0.4 is 0 Å². The second-order valence-corrected chi connectivity index (χ2v) is 4.41. The lowest BCUT2D eigenvalue weighted by molar-refractivity contribution is -0.184. The van der Waals surface area contributed by atoms with E-state index in [4.69, 9.17) is 4.74 Å². The summed E-state index contributed by atoms with van der Waals surface area (Å²) in [6, 6.07) is 10.2. The fourth-order valence-electron chi connectivity index (χ4n) is 2.16. The average molecular weight is 218 g/mol. The molecule has 86 valence electrons. The highest BCUT2D eigenvalue weighted by Gasteiger charge is 2.41. The van der Waals surface area contributed by atoms with E-state index >= 15 is 0 Å². The molecule has 1 fully saturated rings. The Labute approximate surface area is 96.6 Å². The van der Waals surface area contributed by atoms with Crippen LogP contribution in [0.5, 0.6) is 0 Å². The molecular formula is C14H18O2. The largest absolute Gasteiger partial charge is 0.461 e. The molecule has 1 aliphatic rings. The molecule has 0 amide bonds. The van der Waals surface area contributed by atoms with E-state index < -0.39 is 0 Å². The van der Waals surface area contributed by atoms with Crippen molar-refractivity contribution in [3.05, 3.63) is 35.9 Å². The number of benzene rings is 1. The fraction of sp³-hybridized carbons (Fsp3) is 0.500. The van der Waals surface area contributed by atoms with E-state index in [0.29, 0.717) is 0 Å². The van der Waals surface area contributed by atoms with E-state index in [2.05, 4.69) is 19.1 Å². The molecule has 16 heavy (non-hydrogen) atoms. The van der Waals surface area contributed by atoms with Crippen molar-refractivity contribution in [2.75, 3.05) is 0 Å². The molecule has 1 aromatic rings. The summed E-state index contributed by atoms with van der Waals surface area (Å²) in [5.74, 6) is 0.134. The summed E-state index contributed by atoms with van der Waals surface area (Å²) in [6.07, 6.45) is 4.21. The molecule has 0 aliphatic carbocycles. The molecule has 0 N–H and O–H groups in total. The van der Waals surface area contributed by atoms with Gasteiger partial charge < -0.3 is 4.74 Å². The zero-order chi connectivity index (χ0) is 11.4. The summed E-state index contributed by atoms with van der Waals surface area (Å²) in [4.78, 5) is 11.3. The minimum absolute atomic E-state index is 0.00520. The number of hydrogen-bond acceptors (Lipinski definition) is 2. The van der Waals surface area contributed by atoms with Crippen molar-refractivity contribution in [2.24, 2.45) is 5.92 Å². The maximum absolute atomic E-state index is 11.3. The van der Waals surface area contributed by atoms with E-state index in [-0.39, 0.29) is 18.0 Å². The van der Waals surface area contributed by atoms with Gasteiger partial charge in [-0.25, -0.2) is 0 Å². The Bertz CT molecular complexity index is 345. The van der Waals surface area contributed by atoms with Crippen LogP contribution in [0.1, 0.15) is 31.7 Å². The first-order chi connectivity index (χ1) is 7.81. The summed E-state index contributed by atoms with van der Waals surface area (Å²) in [5, 5.41) is 0. The molecule has 0 saturated carbocycles. The van der Waals surface area contributed by atoms with Crippen LogP contribution in [0.25, 0.3) is 0 Å². The van der Waals surface area contributed by atoms with Gasteiger partial charge in [0.25, 0.3) is 0 Å². The van der Waals surface area contributed by atoms with Crippen molar-refractivity contribution >= 4 is 5.97 Å². The number of hydrogen-bond donors (Lipinski definition) is 0. The maximum Gasteiger partial charge on any atom is 0.313 e. The van der Waals surface area contributed by atoms with E-state index in [1.807, 2.05) is 18.2 Å². The lowest BCUT2D eigenvalue weighted by Gasteiger charge is -2.35. The zero-order valence-corrected chi connectivity index (χ0v) is 9.69. The molecular weight excluding hydrogens is 200 g/mol. The maximum atomic E-state index is 11.3. The van der Waals surface area contributed by atoms with Gasteiger partial charge in [0, 0.05) is 6.42 Å². The van der Waals surface area contributed by atoms with Gasteiger partial charge in [-0.15, -0.1) is 0 Å². The minimum Gasteiger partial charge on any atom is -0.461 e. The van der Waals surface area contributed by atoms with E-state index in [1.54, 1.807) is 0 Å². The van der Waals surface area contributed by atoms with Crippen LogP contribution in [-0.2, 0) is 16.0 Å². The number of esters is 1. The van der Waals surface area contributed by atoms with Crippen molar-refractivity contribution in [3.8, 4) is 0 Å².